The van der Waals surface area contributed by atoms with Crippen molar-refractivity contribution < 1.29 is 4.79 Å². The minimum Gasteiger partial charge on any atom is -0.294 e. The molecule has 0 bridgehead atoms. The molecule has 2 heteroatoms. The second-order valence-electron chi connectivity index (χ2n) is 4.85. The standard InChI is InChI=1S/C13H13BrO/c1-8-6-9(14)7-10-12(8)11(15)2-3-13(10)4-5-13/h6-7H,2-5H2,1H3. The Labute approximate surface area is 98.0 Å². The third-order valence-corrected chi connectivity index (χ3v) is 4.29. The average Bonchev–Trinajstić information content (AvgIpc) is 2.92. The van der Waals surface area contributed by atoms with Crippen molar-refractivity contribution in [2.24, 2.45) is 0 Å². The van der Waals surface area contributed by atoms with Crippen LogP contribution in [0.4, 0.5) is 0 Å². The number of hydrogen-bond acceptors (Lipinski definition) is 1. The largest absolute Gasteiger partial charge is 0.294 e. The molecule has 2 aliphatic carbocycles. The summed E-state index contributed by atoms with van der Waals surface area (Å²) in [6.07, 6.45) is 4.34. The van der Waals surface area contributed by atoms with Crippen LogP contribution in [0.5, 0.6) is 0 Å². The fourth-order valence-electron chi connectivity index (χ4n) is 2.81. The van der Waals surface area contributed by atoms with Crippen LogP contribution in [-0.4, -0.2) is 5.78 Å². The Hall–Kier alpha value is -0.630. The Bertz CT molecular complexity index is 458. The summed E-state index contributed by atoms with van der Waals surface area (Å²) in [5.41, 5.74) is 3.83. The van der Waals surface area contributed by atoms with Gasteiger partial charge in [0.2, 0.25) is 0 Å². The molecule has 3 rings (SSSR count). The van der Waals surface area contributed by atoms with E-state index in [9.17, 15) is 4.79 Å². The van der Waals surface area contributed by atoms with Gasteiger partial charge in [0.25, 0.3) is 0 Å². The molecule has 78 valence electrons. The Morgan fingerprint density at radius 2 is 2.00 bits per heavy atom. The first kappa shape index (κ1) is 9.59. The number of carbonyl (C=O) groups excluding carboxylic acids is 1. The highest BCUT2D eigenvalue weighted by molar-refractivity contribution is 9.10. The van der Waals surface area contributed by atoms with Crippen molar-refractivity contribution in [1.82, 2.24) is 0 Å². The number of fused-ring (bicyclic) bond motifs is 2. The topological polar surface area (TPSA) is 17.1 Å². The molecule has 0 saturated heterocycles. The molecular weight excluding hydrogens is 252 g/mol. The van der Waals surface area contributed by atoms with Gasteiger partial charge >= 0.3 is 0 Å². The Morgan fingerprint density at radius 3 is 2.67 bits per heavy atom. The zero-order valence-electron chi connectivity index (χ0n) is 8.77. The van der Waals surface area contributed by atoms with Crippen LogP contribution in [0.3, 0.4) is 0 Å². The first-order chi connectivity index (χ1) is 7.12. The summed E-state index contributed by atoms with van der Waals surface area (Å²) < 4.78 is 1.11. The number of benzene rings is 1. The van der Waals surface area contributed by atoms with Gasteiger partial charge < -0.3 is 0 Å². The van der Waals surface area contributed by atoms with Crippen molar-refractivity contribution in [2.45, 2.75) is 38.0 Å². The SMILES string of the molecule is Cc1cc(Br)cc2c1C(=O)CCC21CC1. The van der Waals surface area contributed by atoms with Crippen LogP contribution in [0, 0.1) is 6.92 Å². The van der Waals surface area contributed by atoms with Crippen LogP contribution in [-0.2, 0) is 5.41 Å². The van der Waals surface area contributed by atoms with Crippen molar-refractivity contribution in [3.8, 4) is 0 Å². The minimum absolute atomic E-state index is 0.340. The van der Waals surface area contributed by atoms with Crippen LogP contribution in [0.2, 0.25) is 0 Å². The van der Waals surface area contributed by atoms with E-state index in [2.05, 4.69) is 28.1 Å². The maximum atomic E-state index is 11.9. The van der Waals surface area contributed by atoms with Crippen molar-refractivity contribution in [3.05, 3.63) is 33.3 Å². The summed E-state index contributed by atoms with van der Waals surface area (Å²) in [6, 6.07) is 4.21. The lowest BCUT2D eigenvalue weighted by atomic mass is 9.78. The van der Waals surface area contributed by atoms with E-state index in [1.54, 1.807) is 0 Å². The third kappa shape index (κ3) is 1.31. The normalized spacial score (nSPS) is 21.6. The summed E-state index contributed by atoms with van der Waals surface area (Å²) in [4.78, 5) is 11.9. The molecule has 1 saturated carbocycles. The van der Waals surface area contributed by atoms with Crippen LogP contribution in [0.15, 0.2) is 16.6 Å². The van der Waals surface area contributed by atoms with Gasteiger partial charge in [-0.25, -0.2) is 0 Å². The lowest BCUT2D eigenvalue weighted by Crippen LogP contribution is -2.22. The van der Waals surface area contributed by atoms with E-state index in [0.29, 0.717) is 11.2 Å². The molecule has 2 aliphatic rings. The predicted molar refractivity (Wildman–Crippen MR) is 63.4 cm³/mol. The molecule has 0 atom stereocenters. The predicted octanol–water partition coefficient (Wildman–Crippen LogP) is 3.77. The highest BCUT2D eigenvalue weighted by Gasteiger charge is 2.48. The molecule has 15 heavy (non-hydrogen) atoms. The van der Waals surface area contributed by atoms with Crippen LogP contribution in [0.1, 0.15) is 47.2 Å². The fraction of sp³-hybridized carbons (Fsp3) is 0.462. The smallest absolute Gasteiger partial charge is 0.163 e. The highest BCUT2D eigenvalue weighted by Crippen LogP contribution is 2.56. The monoisotopic (exact) mass is 264 g/mol. The van der Waals surface area contributed by atoms with Crippen molar-refractivity contribution in [1.29, 1.82) is 0 Å². The van der Waals surface area contributed by atoms with E-state index in [0.717, 1.165) is 28.4 Å². The van der Waals surface area contributed by atoms with Crippen LogP contribution in [0.25, 0.3) is 0 Å². The van der Waals surface area contributed by atoms with Crippen molar-refractivity contribution in [2.75, 3.05) is 0 Å². The Morgan fingerprint density at radius 1 is 1.27 bits per heavy atom. The fourth-order valence-corrected chi connectivity index (χ4v) is 3.39. The van der Waals surface area contributed by atoms with E-state index in [-0.39, 0.29) is 0 Å². The molecule has 0 amide bonds. The summed E-state index contributed by atoms with van der Waals surface area (Å²) >= 11 is 3.53. The van der Waals surface area contributed by atoms with Gasteiger partial charge in [0.1, 0.15) is 0 Å². The summed E-state index contributed by atoms with van der Waals surface area (Å²) in [5.74, 6) is 0.340. The quantitative estimate of drug-likeness (QED) is 0.698. The molecule has 0 aromatic heterocycles. The molecule has 1 nitrogen and oxygen atoms in total. The molecular formula is C13H13BrO. The number of aryl methyl sites for hydroxylation is 1. The molecule has 0 heterocycles. The summed E-state index contributed by atoms with van der Waals surface area (Å²) in [7, 11) is 0. The van der Waals surface area contributed by atoms with E-state index in [1.165, 1.54) is 18.4 Å². The van der Waals surface area contributed by atoms with Gasteiger partial charge in [-0.05, 0) is 54.9 Å². The number of carbonyl (C=O) groups is 1. The van der Waals surface area contributed by atoms with Crippen LogP contribution < -0.4 is 0 Å². The van der Waals surface area contributed by atoms with Gasteiger partial charge in [-0.3, -0.25) is 4.79 Å². The third-order valence-electron chi connectivity index (χ3n) is 3.83. The van der Waals surface area contributed by atoms with Gasteiger partial charge in [-0.15, -0.1) is 0 Å². The lowest BCUT2D eigenvalue weighted by Gasteiger charge is -2.26. The highest BCUT2D eigenvalue weighted by atomic mass is 79.9. The van der Waals surface area contributed by atoms with E-state index in [1.807, 2.05) is 6.92 Å². The first-order valence-corrected chi connectivity index (χ1v) is 6.26. The molecule has 0 unspecified atom stereocenters. The van der Waals surface area contributed by atoms with Gasteiger partial charge in [0.15, 0.2) is 5.78 Å². The second kappa shape index (κ2) is 2.94. The van der Waals surface area contributed by atoms with Gasteiger partial charge in [-0.2, -0.15) is 0 Å². The first-order valence-electron chi connectivity index (χ1n) is 5.46. The summed E-state index contributed by atoms with van der Waals surface area (Å²) in [5, 5.41) is 0. The average molecular weight is 265 g/mol. The molecule has 0 radical (unpaired) electrons. The number of rotatable bonds is 0. The summed E-state index contributed by atoms with van der Waals surface area (Å²) in [6.45, 7) is 2.04. The van der Waals surface area contributed by atoms with Crippen molar-refractivity contribution >= 4 is 21.7 Å². The lowest BCUT2D eigenvalue weighted by molar-refractivity contribution is 0.0963. The number of Topliss-reactive ketones (excluding diaryl/α,β-unsaturated/α-hetero) is 1. The maximum Gasteiger partial charge on any atom is 0.163 e. The van der Waals surface area contributed by atoms with E-state index in [4.69, 9.17) is 0 Å². The van der Waals surface area contributed by atoms with E-state index >= 15 is 0 Å². The van der Waals surface area contributed by atoms with Gasteiger partial charge in [0.05, 0.1) is 0 Å². The minimum atomic E-state index is 0.340. The second-order valence-corrected chi connectivity index (χ2v) is 5.76. The van der Waals surface area contributed by atoms with Crippen molar-refractivity contribution in [3.63, 3.8) is 0 Å². The number of ketones is 1. The number of halogens is 1. The maximum absolute atomic E-state index is 11.9. The van der Waals surface area contributed by atoms with E-state index < -0.39 is 0 Å². The molecule has 0 N–H and O–H groups in total. The molecule has 1 fully saturated rings. The molecule has 1 aromatic carbocycles. The van der Waals surface area contributed by atoms with Gasteiger partial charge in [-0.1, -0.05) is 15.9 Å². The molecule has 0 aliphatic heterocycles. The molecule has 1 aromatic rings. The Kier molecular flexibility index (Phi) is 1.88. The number of hydrogen-bond donors (Lipinski definition) is 0. The molecule has 1 spiro atoms. The zero-order valence-corrected chi connectivity index (χ0v) is 10.4. The Balaban J connectivity index is 2.28. The van der Waals surface area contributed by atoms with Crippen LogP contribution >= 0.6 is 15.9 Å². The van der Waals surface area contributed by atoms with Gasteiger partial charge in [0, 0.05) is 16.5 Å². The zero-order chi connectivity index (χ0) is 10.6.